The van der Waals surface area contributed by atoms with Crippen molar-refractivity contribution < 1.29 is 24.5 Å². The van der Waals surface area contributed by atoms with Crippen molar-refractivity contribution in [2.75, 3.05) is 33.1 Å². The number of hydrogen-bond acceptors (Lipinski definition) is 5. The summed E-state index contributed by atoms with van der Waals surface area (Å²) in [5, 5.41) is 46.9. The highest BCUT2D eigenvalue weighted by atomic mass is 127. The Hall–Kier alpha value is -8.53. The van der Waals surface area contributed by atoms with Gasteiger partial charge in [0.1, 0.15) is 22.2 Å². The number of nitrogens with zero attached hydrogens (tertiary/aromatic N) is 2. The summed E-state index contributed by atoms with van der Waals surface area (Å²) in [6.07, 6.45) is 13.2. The van der Waals surface area contributed by atoms with Crippen molar-refractivity contribution in [3.8, 4) is 22.3 Å². The van der Waals surface area contributed by atoms with Crippen molar-refractivity contribution in [3.05, 3.63) is 303 Å². The van der Waals surface area contributed by atoms with Crippen LogP contribution in [0.4, 0.5) is 5.69 Å². The van der Waals surface area contributed by atoms with Gasteiger partial charge in [0.15, 0.2) is 5.71 Å². The number of carboxylic acid groups (broad SMARTS) is 1. The average molecular weight is 1670 g/mol. The van der Waals surface area contributed by atoms with Crippen LogP contribution in [-0.4, -0.2) is 69.7 Å². The van der Waals surface area contributed by atoms with Crippen LogP contribution < -0.4 is 20.7 Å². The maximum absolute atomic E-state index is 9.44. The number of carboxylic acids is 1. The minimum Gasteiger partial charge on any atom is -0.550 e. The van der Waals surface area contributed by atoms with E-state index in [1.165, 1.54) is 179 Å². The fourth-order valence-electron chi connectivity index (χ4n) is 16.3. The first-order valence-electron chi connectivity index (χ1n) is 37.5. The van der Waals surface area contributed by atoms with Gasteiger partial charge >= 0.3 is 7.12 Å². The summed E-state index contributed by atoms with van der Waals surface area (Å²) in [6.45, 7) is 25.9. The van der Waals surface area contributed by atoms with E-state index in [-0.39, 0.29) is 0 Å². The standard InChI is InChI=1S/C44H47N2Si.C25H23Br.C18H19BO2.C7H6BrI.C2H4O2/c1-10-34-36-14-12-13-15-37(36)35(11-2)41-25-29(16-19-38(34)41)30-22-28(3)23-31(24-30)44-39-20-17-32(45(4)5)26-42(39)47(8,9)43-27-33(46(6)7)18-21-40(43)44;1-4-20-22-8-6-7-9-23(22)21(5-2)25-15-17(10-11-24(20)25)18-12-16(3)13-19(26)14-18;1-3-13-15-7-5-6-8-16(15)14(4-2)18-11-12(19(20)21)9-10-17(13)18;1-5-2-6(8)4-7(9)3-5;1-2(3)4/h12-27H,10-11H2,1-9H3;6-15H,4-5H2,1-3H3;5-11,20-21H,3-4H2,1-2H3;2-4H,1H3;1H3,(H,3,4)/q+1;;;;/p-1. The highest BCUT2D eigenvalue weighted by Crippen LogP contribution is 2.45. The van der Waals surface area contributed by atoms with Crippen LogP contribution in [0, 0.1) is 24.3 Å². The monoisotopic (exact) mass is 1670 g/mol. The van der Waals surface area contributed by atoms with Gasteiger partial charge in [-0.3, -0.25) is 0 Å². The topological polar surface area (TPSA) is 86.8 Å². The molecule has 13 aromatic rings. The fraction of sp³-hybridized carbons (Fsp3) is 0.229. The zero-order valence-corrected chi connectivity index (χ0v) is 71.2. The molecule has 2 N–H and O–H groups in total. The lowest BCUT2D eigenvalue weighted by molar-refractivity contribution is -0.462. The second-order valence-corrected chi connectivity index (χ2v) is 36.5. The first kappa shape index (κ1) is 79.5. The normalized spacial score (nSPS) is 12.7. The summed E-state index contributed by atoms with van der Waals surface area (Å²) < 4.78 is 5.81. The number of allylic oxidation sites excluding steroid dienone is 5. The zero-order valence-electron chi connectivity index (χ0n) is 64.8. The van der Waals surface area contributed by atoms with Gasteiger partial charge in [-0.05, 0) is 331 Å². The molecule has 1 aliphatic carbocycles. The predicted molar refractivity (Wildman–Crippen MR) is 479 cm³/mol. The summed E-state index contributed by atoms with van der Waals surface area (Å²) in [6, 6.07) is 73.6. The van der Waals surface area contributed by atoms with Gasteiger partial charge in [0.05, 0.1) is 0 Å². The highest BCUT2D eigenvalue weighted by Gasteiger charge is 2.40. The van der Waals surface area contributed by atoms with Gasteiger partial charge in [-0.25, -0.2) is 4.58 Å². The second-order valence-electron chi connectivity index (χ2n) is 29.1. The number of aryl methyl sites for hydroxylation is 9. The molecule has 13 aromatic carbocycles. The van der Waals surface area contributed by atoms with Crippen molar-refractivity contribution >= 4 is 168 Å². The molecule has 11 heteroatoms. The average Bonchev–Trinajstić information content (AvgIpc) is 0.726. The Balaban J connectivity index is 0.000000159. The molecule has 0 atom stereocenters. The van der Waals surface area contributed by atoms with E-state index in [4.69, 9.17) is 9.90 Å². The largest absolute Gasteiger partial charge is 0.550 e. The smallest absolute Gasteiger partial charge is 0.488 e. The Morgan fingerprint density at radius 3 is 1.25 bits per heavy atom. The molecule has 544 valence electrons. The molecule has 2 aliphatic rings. The minimum atomic E-state index is -2.00. The third-order valence-corrected chi connectivity index (χ3v) is 26.3. The van der Waals surface area contributed by atoms with Crippen LogP contribution in [0.15, 0.2) is 238 Å². The molecular formula is C96H98BBr2IN2O4Si. The van der Waals surface area contributed by atoms with Gasteiger partial charge in [-0.1, -0.05) is 226 Å². The summed E-state index contributed by atoms with van der Waals surface area (Å²) >= 11 is 9.35. The first-order chi connectivity index (χ1) is 51.2. The molecule has 0 fully saturated rings. The number of carbonyl (C=O) groups excluding carboxylic acids is 1. The molecule has 0 radical (unpaired) electrons. The molecule has 0 unspecified atom stereocenters. The SMILES string of the molecule is CC(=O)[O-].CCc1c2ccccc2c(CC)c2cc(-c3cc(C)cc(Br)c3)ccc12.CCc1c2ccccc2c(CC)c2cc(-c3cc(C)cc(C4=C5C=CC(=[N+](C)C)C=C5[Si](C)(C)c5cc(N(C)C)ccc54)c3)ccc12.CCc1c2ccccc2c(CC)c2cc(B(O)O)ccc12.Cc1cc(Br)cc(I)c1. The lowest BCUT2D eigenvalue weighted by atomic mass is 9.77. The summed E-state index contributed by atoms with van der Waals surface area (Å²) in [5.41, 5.74) is 25.9. The summed E-state index contributed by atoms with van der Waals surface area (Å²) in [7, 11) is 5.17. The molecule has 0 aromatic heterocycles. The minimum absolute atomic E-state index is 0.550. The molecule has 107 heavy (non-hydrogen) atoms. The summed E-state index contributed by atoms with van der Waals surface area (Å²) in [4.78, 5) is 11.1. The number of benzene rings is 13. The van der Waals surface area contributed by atoms with E-state index in [0.717, 1.165) is 59.8 Å². The van der Waals surface area contributed by atoms with E-state index in [2.05, 4.69) is 368 Å². The van der Waals surface area contributed by atoms with E-state index in [0.29, 0.717) is 5.46 Å². The van der Waals surface area contributed by atoms with Crippen molar-refractivity contribution in [2.45, 2.75) is 121 Å². The molecule has 1 heterocycles. The third-order valence-electron chi connectivity index (χ3n) is 21.2. The number of anilines is 1. The molecule has 0 amide bonds. The van der Waals surface area contributed by atoms with Gasteiger partial charge in [0, 0.05) is 50.4 Å². The third kappa shape index (κ3) is 16.9. The maximum atomic E-state index is 9.44. The number of hydrogen-bond donors (Lipinski definition) is 2. The molecule has 0 spiro atoms. The van der Waals surface area contributed by atoms with Gasteiger partial charge in [-0.2, -0.15) is 0 Å². The Kier molecular flexibility index (Phi) is 25.5. The number of aliphatic carboxylic acids is 1. The lowest BCUT2D eigenvalue weighted by Crippen LogP contribution is -2.49. The Morgan fingerprint density at radius 2 is 0.850 bits per heavy atom. The molecule has 1 aliphatic heterocycles. The Bertz CT molecular complexity index is 5670. The van der Waals surface area contributed by atoms with Crippen LogP contribution in [0.1, 0.15) is 110 Å². The van der Waals surface area contributed by atoms with Gasteiger partial charge in [-0.15, -0.1) is 0 Å². The van der Waals surface area contributed by atoms with Crippen molar-refractivity contribution in [1.29, 1.82) is 0 Å². The molecule has 15 rings (SSSR count). The molecule has 0 saturated heterocycles. The van der Waals surface area contributed by atoms with Crippen molar-refractivity contribution in [1.82, 2.24) is 0 Å². The zero-order chi connectivity index (χ0) is 76.9. The fourth-order valence-corrected chi connectivity index (χ4v) is 21.8. The van der Waals surface area contributed by atoms with E-state index in [1.54, 1.807) is 6.07 Å². The number of fused-ring (bicyclic) bond motifs is 8. The highest BCUT2D eigenvalue weighted by molar-refractivity contribution is 14.1. The van der Waals surface area contributed by atoms with Gasteiger partial charge < -0.3 is 24.8 Å². The van der Waals surface area contributed by atoms with Gasteiger partial charge in [0.2, 0.25) is 0 Å². The van der Waals surface area contributed by atoms with Crippen molar-refractivity contribution in [3.63, 3.8) is 0 Å². The van der Waals surface area contributed by atoms with Crippen LogP contribution in [0.25, 0.3) is 92.5 Å². The van der Waals surface area contributed by atoms with Crippen LogP contribution >= 0.6 is 54.5 Å². The van der Waals surface area contributed by atoms with Crippen LogP contribution in [0.2, 0.25) is 13.1 Å². The summed E-state index contributed by atoms with van der Waals surface area (Å²) in [5.74, 6) is -1.08. The number of carbonyl (C=O) groups is 1. The molecule has 6 nitrogen and oxygen atoms in total. The van der Waals surface area contributed by atoms with Gasteiger partial charge in [0.25, 0.3) is 0 Å². The quantitative estimate of drug-likeness (QED) is 0.0583. The van der Waals surface area contributed by atoms with Crippen LogP contribution in [0.3, 0.4) is 0 Å². The first-order valence-corrected chi connectivity index (χ1v) is 43.2. The van der Waals surface area contributed by atoms with E-state index < -0.39 is 21.2 Å². The number of halogens is 3. The van der Waals surface area contributed by atoms with Crippen LogP contribution in [0.5, 0.6) is 0 Å². The Morgan fingerprint density at radius 1 is 0.467 bits per heavy atom. The molecule has 0 bridgehead atoms. The Labute approximate surface area is 665 Å². The number of rotatable bonds is 11. The van der Waals surface area contributed by atoms with Crippen molar-refractivity contribution in [2.24, 2.45) is 0 Å². The molecular weight excluding hydrogens is 1570 g/mol. The van der Waals surface area contributed by atoms with E-state index in [9.17, 15) is 10.0 Å². The van der Waals surface area contributed by atoms with Crippen LogP contribution in [-0.2, 0) is 43.3 Å². The van der Waals surface area contributed by atoms with E-state index >= 15 is 0 Å². The maximum Gasteiger partial charge on any atom is 0.488 e. The molecule has 0 saturated carbocycles. The predicted octanol–water partition coefficient (Wildman–Crippen LogP) is 22.4. The lowest BCUT2D eigenvalue weighted by Gasteiger charge is -2.38. The van der Waals surface area contributed by atoms with E-state index in [1.807, 2.05) is 12.1 Å². The second kappa shape index (κ2) is 34.4.